The number of fused-ring (bicyclic) bond motifs is 1. The fourth-order valence-electron chi connectivity index (χ4n) is 4.41. The molecule has 4 N–H and O–H groups in total. The second-order valence-corrected chi connectivity index (χ2v) is 9.03. The Kier molecular flexibility index (Phi) is 7.56. The summed E-state index contributed by atoms with van der Waals surface area (Å²) in [6, 6.07) is 14.8. The number of rotatable bonds is 8. The lowest BCUT2D eigenvalue weighted by Crippen LogP contribution is -2.34. The Labute approximate surface area is 225 Å². The van der Waals surface area contributed by atoms with Crippen LogP contribution < -0.4 is 15.4 Å². The number of aliphatic hydroxyl groups is 2. The van der Waals surface area contributed by atoms with Crippen molar-refractivity contribution in [3.63, 3.8) is 0 Å². The Hall–Kier alpha value is -4.27. The second-order valence-electron chi connectivity index (χ2n) is 9.03. The highest BCUT2D eigenvalue weighted by molar-refractivity contribution is 5.86. The van der Waals surface area contributed by atoms with E-state index in [9.17, 15) is 28.2 Å². The zero-order valence-corrected chi connectivity index (χ0v) is 21.0. The third kappa shape index (κ3) is 5.68. The van der Waals surface area contributed by atoms with E-state index in [-0.39, 0.29) is 34.8 Å². The summed E-state index contributed by atoms with van der Waals surface area (Å²) in [7, 11) is 1.43. The average molecular weight is 559 g/mol. The monoisotopic (exact) mass is 558 g/mol. The smallest absolute Gasteiger partial charge is 0.405 e. The number of nitrogens with one attached hydrogen (secondary N) is 2. The van der Waals surface area contributed by atoms with E-state index in [1.54, 1.807) is 0 Å². The number of alkyl halides is 3. The Morgan fingerprint density at radius 1 is 1.07 bits per heavy atom. The van der Waals surface area contributed by atoms with Crippen LogP contribution in [0.15, 0.2) is 60.9 Å². The number of aliphatic hydroxyl groups excluding tert-OH is 2. The van der Waals surface area contributed by atoms with E-state index in [2.05, 4.69) is 30.3 Å². The van der Waals surface area contributed by atoms with Gasteiger partial charge < -0.3 is 30.3 Å². The van der Waals surface area contributed by atoms with Crippen molar-refractivity contribution in [2.75, 3.05) is 12.4 Å². The fourth-order valence-corrected chi connectivity index (χ4v) is 4.41. The molecule has 0 aliphatic carbocycles. The molecule has 2 aromatic heterocycles. The van der Waals surface area contributed by atoms with Gasteiger partial charge in [-0.1, -0.05) is 42.5 Å². The molecular formula is C26H25F3N6O5. The maximum absolute atomic E-state index is 13.1. The molecule has 2 aromatic carbocycles. The molecule has 4 atom stereocenters. The van der Waals surface area contributed by atoms with Gasteiger partial charge >= 0.3 is 6.36 Å². The van der Waals surface area contributed by atoms with Crippen LogP contribution in [0.2, 0.25) is 0 Å². The zero-order chi connectivity index (χ0) is 28.4. The van der Waals surface area contributed by atoms with Crippen molar-refractivity contribution in [2.45, 2.75) is 43.9 Å². The Balaban J connectivity index is 1.59. The third-order valence-corrected chi connectivity index (χ3v) is 6.35. The Bertz CT molecular complexity index is 1500. The van der Waals surface area contributed by atoms with Crippen molar-refractivity contribution in [1.82, 2.24) is 24.8 Å². The summed E-state index contributed by atoms with van der Waals surface area (Å²) in [5, 5.41) is 26.9. The zero-order valence-electron chi connectivity index (χ0n) is 21.0. The van der Waals surface area contributed by atoms with Gasteiger partial charge in [-0.2, -0.15) is 0 Å². The van der Waals surface area contributed by atoms with Crippen LogP contribution in [-0.4, -0.2) is 67.4 Å². The lowest BCUT2D eigenvalue weighted by Gasteiger charge is -2.18. The van der Waals surface area contributed by atoms with Crippen molar-refractivity contribution in [1.29, 1.82) is 0 Å². The van der Waals surface area contributed by atoms with Crippen molar-refractivity contribution in [3.05, 3.63) is 66.5 Å². The van der Waals surface area contributed by atoms with Gasteiger partial charge in [0.2, 0.25) is 5.91 Å². The van der Waals surface area contributed by atoms with Crippen molar-refractivity contribution in [3.8, 4) is 17.1 Å². The SMILES string of the molecule is CNC(=O)C[C@@H]1O[C@@H](n2cnc3c(NCc4ccccc4)nc(-c4ccccc4OC(F)(F)F)nc32)[C@H](O)[C@@H]1O. The highest BCUT2D eigenvalue weighted by Crippen LogP contribution is 2.37. The average Bonchev–Trinajstić information content (AvgIpc) is 3.48. The van der Waals surface area contributed by atoms with Gasteiger partial charge in [0.1, 0.15) is 18.0 Å². The lowest BCUT2D eigenvalue weighted by atomic mass is 10.1. The molecule has 1 saturated heterocycles. The molecule has 0 saturated carbocycles. The number of aromatic nitrogens is 4. The van der Waals surface area contributed by atoms with Gasteiger partial charge in [-0.3, -0.25) is 9.36 Å². The number of nitrogens with zero attached hydrogens (tertiary/aromatic N) is 4. The van der Waals surface area contributed by atoms with E-state index >= 15 is 0 Å². The number of benzene rings is 2. The first-order chi connectivity index (χ1) is 19.1. The van der Waals surface area contributed by atoms with Gasteiger partial charge in [-0.25, -0.2) is 15.0 Å². The molecule has 5 rings (SSSR count). The van der Waals surface area contributed by atoms with E-state index in [4.69, 9.17) is 4.74 Å². The number of halogens is 3. The number of hydrogen-bond donors (Lipinski definition) is 4. The van der Waals surface area contributed by atoms with Crippen molar-refractivity contribution < 1.29 is 37.7 Å². The molecule has 210 valence electrons. The molecule has 14 heteroatoms. The summed E-state index contributed by atoms with van der Waals surface area (Å²) < 4.78 is 50.8. The summed E-state index contributed by atoms with van der Waals surface area (Å²) >= 11 is 0. The quantitative estimate of drug-likeness (QED) is 0.257. The predicted molar refractivity (Wildman–Crippen MR) is 136 cm³/mol. The summed E-state index contributed by atoms with van der Waals surface area (Å²) in [6.07, 6.45) is -8.89. The van der Waals surface area contributed by atoms with E-state index in [1.165, 1.54) is 36.1 Å². The molecule has 0 unspecified atom stereocenters. The van der Waals surface area contributed by atoms with Crippen LogP contribution in [0.1, 0.15) is 18.2 Å². The summed E-state index contributed by atoms with van der Waals surface area (Å²) in [5.74, 6) is -0.808. The standard InChI is InChI=1S/C26H25F3N6O5/c1-30-18(36)11-17-20(37)21(38)25(39-17)35-13-32-19-23(31-12-14-7-3-2-4-8-14)33-22(34-24(19)35)15-9-5-6-10-16(15)40-26(27,28)29/h2-10,13,17,20-21,25,37-38H,11-12H2,1H3,(H,30,36)(H,31,33,34)/t17-,20+,21+,25+/m0/s1. The molecule has 3 heterocycles. The summed E-state index contributed by atoms with van der Waals surface area (Å²) in [4.78, 5) is 25.2. The molecular weight excluding hydrogens is 533 g/mol. The highest BCUT2D eigenvalue weighted by atomic mass is 19.4. The first-order valence-electron chi connectivity index (χ1n) is 12.2. The van der Waals surface area contributed by atoms with Crippen LogP contribution in [0.5, 0.6) is 5.75 Å². The molecule has 11 nitrogen and oxygen atoms in total. The molecule has 1 aliphatic heterocycles. The number of amides is 1. The van der Waals surface area contributed by atoms with Gasteiger partial charge in [0, 0.05) is 13.6 Å². The third-order valence-electron chi connectivity index (χ3n) is 6.35. The minimum absolute atomic E-state index is 0.0392. The van der Waals surface area contributed by atoms with Gasteiger partial charge in [-0.15, -0.1) is 13.2 Å². The maximum Gasteiger partial charge on any atom is 0.573 e. The van der Waals surface area contributed by atoms with E-state index in [0.717, 1.165) is 11.6 Å². The van der Waals surface area contributed by atoms with Crippen LogP contribution in [0.25, 0.3) is 22.6 Å². The number of imidazole rings is 1. The van der Waals surface area contributed by atoms with E-state index in [1.807, 2.05) is 30.3 Å². The first kappa shape index (κ1) is 27.3. The molecule has 40 heavy (non-hydrogen) atoms. The fraction of sp³-hybridized carbons (Fsp3) is 0.308. The Morgan fingerprint density at radius 2 is 1.80 bits per heavy atom. The maximum atomic E-state index is 13.1. The molecule has 0 bridgehead atoms. The molecule has 1 fully saturated rings. The van der Waals surface area contributed by atoms with Gasteiger partial charge in [0.05, 0.1) is 24.4 Å². The van der Waals surface area contributed by atoms with Gasteiger partial charge in [-0.05, 0) is 17.7 Å². The van der Waals surface area contributed by atoms with E-state index in [0.29, 0.717) is 6.54 Å². The predicted octanol–water partition coefficient (Wildman–Crippen LogP) is 2.76. The van der Waals surface area contributed by atoms with Crippen LogP contribution >= 0.6 is 0 Å². The first-order valence-corrected chi connectivity index (χ1v) is 12.2. The lowest BCUT2D eigenvalue weighted by molar-refractivity contribution is -0.274. The Morgan fingerprint density at radius 3 is 2.52 bits per heavy atom. The molecule has 0 spiro atoms. The number of carbonyl (C=O) groups is 1. The van der Waals surface area contributed by atoms with Crippen molar-refractivity contribution >= 4 is 22.9 Å². The normalized spacial score (nSPS) is 20.9. The minimum Gasteiger partial charge on any atom is -0.405 e. The molecule has 1 amide bonds. The van der Waals surface area contributed by atoms with Crippen LogP contribution in [-0.2, 0) is 16.1 Å². The van der Waals surface area contributed by atoms with Gasteiger partial charge in [0.25, 0.3) is 0 Å². The number of hydrogen-bond acceptors (Lipinski definition) is 9. The number of ether oxygens (including phenoxy) is 2. The van der Waals surface area contributed by atoms with Crippen LogP contribution in [0, 0.1) is 0 Å². The second kappa shape index (κ2) is 11.1. The van der Waals surface area contributed by atoms with Crippen molar-refractivity contribution in [2.24, 2.45) is 0 Å². The van der Waals surface area contributed by atoms with Crippen LogP contribution in [0.4, 0.5) is 19.0 Å². The molecule has 0 radical (unpaired) electrons. The minimum atomic E-state index is -4.95. The summed E-state index contributed by atoms with van der Waals surface area (Å²) in [5.41, 5.74) is 1.22. The topological polar surface area (TPSA) is 144 Å². The van der Waals surface area contributed by atoms with Crippen LogP contribution in [0.3, 0.4) is 0 Å². The number of anilines is 1. The largest absolute Gasteiger partial charge is 0.573 e. The van der Waals surface area contributed by atoms with E-state index < -0.39 is 42.6 Å². The summed E-state index contributed by atoms with van der Waals surface area (Å²) in [6.45, 7) is 0.315. The number of carbonyl (C=O) groups excluding carboxylic acids is 1. The molecule has 4 aromatic rings. The number of para-hydroxylation sites is 1. The highest BCUT2D eigenvalue weighted by Gasteiger charge is 2.45. The van der Waals surface area contributed by atoms with Gasteiger partial charge in [0.15, 0.2) is 29.0 Å². The molecule has 1 aliphatic rings.